The van der Waals surface area contributed by atoms with Gasteiger partial charge >= 0.3 is 6.18 Å². The molecule has 1 aromatic carbocycles. The molecule has 1 aromatic rings. The summed E-state index contributed by atoms with van der Waals surface area (Å²) in [6.07, 6.45) is -2.59. The zero-order valence-electron chi connectivity index (χ0n) is 10.4. The highest BCUT2D eigenvalue weighted by atomic mass is 19.4. The molecule has 1 fully saturated rings. The number of nitrogens with one attached hydrogen (secondary N) is 1. The summed E-state index contributed by atoms with van der Waals surface area (Å²) in [7, 11) is 0. The molecule has 6 heteroatoms. The Kier molecular flexibility index (Phi) is 3.80. The number of halogens is 3. The van der Waals surface area contributed by atoms with E-state index in [1.165, 1.54) is 4.90 Å². The number of nitrogens with two attached hydrogens (primary N) is 1. The minimum absolute atomic E-state index is 0.00152. The van der Waals surface area contributed by atoms with Crippen LogP contribution in [-0.2, 0) is 6.54 Å². The smallest absolute Gasteiger partial charge is 0.384 e. The quantitative estimate of drug-likeness (QED) is 0.638. The minimum atomic E-state index is -4.20. The maximum Gasteiger partial charge on any atom is 0.401 e. The van der Waals surface area contributed by atoms with E-state index in [0.29, 0.717) is 11.1 Å². The van der Waals surface area contributed by atoms with Crippen molar-refractivity contribution in [2.24, 2.45) is 5.73 Å². The maximum atomic E-state index is 12.5. The third-order valence-corrected chi connectivity index (χ3v) is 3.13. The standard InChI is InChI=1S/C13H16F3N3/c14-13(15,16)8-19(10-5-6-10)7-9-3-1-2-4-11(9)12(17)18/h1-4,10H,5-8H2,(H3,17,18). The van der Waals surface area contributed by atoms with E-state index < -0.39 is 12.7 Å². The minimum Gasteiger partial charge on any atom is -0.384 e. The summed E-state index contributed by atoms with van der Waals surface area (Å²) in [5.41, 5.74) is 6.63. The number of amidine groups is 1. The lowest BCUT2D eigenvalue weighted by molar-refractivity contribution is -0.148. The molecule has 0 aromatic heterocycles. The molecule has 0 heterocycles. The molecule has 1 aliphatic rings. The van der Waals surface area contributed by atoms with Gasteiger partial charge in [-0.1, -0.05) is 24.3 Å². The van der Waals surface area contributed by atoms with Crippen LogP contribution in [0.25, 0.3) is 0 Å². The highest BCUT2D eigenvalue weighted by molar-refractivity contribution is 5.96. The van der Waals surface area contributed by atoms with Crippen LogP contribution in [0, 0.1) is 5.41 Å². The molecule has 0 spiro atoms. The largest absolute Gasteiger partial charge is 0.401 e. The normalized spacial score (nSPS) is 15.8. The van der Waals surface area contributed by atoms with Gasteiger partial charge in [-0.05, 0) is 18.4 Å². The second-order valence-electron chi connectivity index (χ2n) is 4.82. The maximum absolute atomic E-state index is 12.5. The molecule has 0 unspecified atom stereocenters. The molecule has 0 aliphatic heterocycles. The van der Waals surface area contributed by atoms with Crippen LogP contribution in [0.15, 0.2) is 24.3 Å². The van der Waals surface area contributed by atoms with Gasteiger partial charge in [-0.25, -0.2) is 0 Å². The summed E-state index contributed by atoms with van der Waals surface area (Å²) in [6.45, 7) is -0.732. The van der Waals surface area contributed by atoms with Crippen LogP contribution in [-0.4, -0.2) is 29.5 Å². The Morgan fingerprint density at radius 1 is 1.32 bits per heavy atom. The van der Waals surface area contributed by atoms with Crippen LogP contribution >= 0.6 is 0 Å². The predicted octanol–water partition coefficient (Wildman–Crippen LogP) is 2.50. The van der Waals surface area contributed by atoms with Gasteiger partial charge in [-0.2, -0.15) is 13.2 Å². The van der Waals surface area contributed by atoms with Gasteiger partial charge in [-0.3, -0.25) is 10.3 Å². The lowest BCUT2D eigenvalue weighted by Gasteiger charge is -2.24. The monoisotopic (exact) mass is 271 g/mol. The fourth-order valence-corrected chi connectivity index (χ4v) is 2.12. The zero-order valence-corrected chi connectivity index (χ0v) is 10.4. The predicted molar refractivity (Wildman–Crippen MR) is 66.9 cm³/mol. The van der Waals surface area contributed by atoms with Crippen molar-refractivity contribution in [3.8, 4) is 0 Å². The van der Waals surface area contributed by atoms with E-state index >= 15 is 0 Å². The van der Waals surface area contributed by atoms with Gasteiger partial charge in [0.2, 0.25) is 0 Å². The Labute approximate surface area is 109 Å². The molecule has 1 saturated carbocycles. The Balaban J connectivity index is 2.15. The molecule has 19 heavy (non-hydrogen) atoms. The molecule has 3 nitrogen and oxygen atoms in total. The first-order chi connectivity index (χ1) is 8.87. The Morgan fingerprint density at radius 2 is 1.95 bits per heavy atom. The van der Waals surface area contributed by atoms with Crippen LogP contribution in [0.1, 0.15) is 24.0 Å². The van der Waals surface area contributed by atoms with Crippen LogP contribution < -0.4 is 5.73 Å². The van der Waals surface area contributed by atoms with Crippen molar-refractivity contribution >= 4 is 5.84 Å². The van der Waals surface area contributed by atoms with Crippen molar-refractivity contribution in [2.75, 3.05) is 6.54 Å². The summed E-state index contributed by atoms with van der Waals surface area (Å²) in [5.74, 6) is -0.113. The third-order valence-electron chi connectivity index (χ3n) is 3.13. The summed E-state index contributed by atoms with van der Waals surface area (Å²) in [5, 5.41) is 7.46. The van der Waals surface area contributed by atoms with Crippen molar-refractivity contribution in [2.45, 2.75) is 31.6 Å². The second kappa shape index (κ2) is 5.21. The summed E-state index contributed by atoms with van der Waals surface area (Å²) < 4.78 is 37.6. The van der Waals surface area contributed by atoms with E-state index in [1.54, 1.807) is 24.3 Å². The second-order valence-corrected chi connectivity index (χ2v) is 4.82. The molecule has 0 saturated heterocycles. The van der Waals surface area contributed by atoms with Crippen molar-refractivity contribution in [3.05, 3.63) is 35.4 Å². The Hall–Kier alpha value is -1.56. The van der Waals surface area contributed by atoms with E-state index in [1.807, 2.05) is 0 Å². The van der Waals surface area contributed by atoms with E-state index in [4.69, 9.17) is 11.1 Å². The molecule has 0 atom stereocenters. The van der Waals surface area contributed by atoms with Gasteiger partial charge in [0.1, 0.15) is 5.84 Å². The highest BCUT2D eigenvalue weighted by Crippen LogP contribution is 2.31. The average Bonchev–Trinajstić information content (AvgIpc) is 3.10. The van der Waals surface area contributed by atoms with Gasteiger partial charge in [0, 0.05) is 18.2 Å². The van der Waals surface area contributed by atoms with Gasteiger partial charge in [0.25, 0.3) is 0 Å². The van der Waals surface area contributed by atoms with Crippen molar-refractivity contribution in [3.63, 3.8) is 0 Å². The lowest BCUT2D eigenvalue weighted by Crippen LogP contribution is -2.36. The molecule has 0 bridgehead atoms. The number of nitrogen functional groups attached to an aromatic ring is 1. The molecular formula is C13H16F3N3. The number of rotatable bonds is 5. The summed E-state index contributed by atoms with van der Waals surface area (Å²) in [6, 6.07) is 6.87. The summed E-state index contributed by atoms with van der Waals surface area (Å²) >= 11 is 0. The van der Waals surface area contributed by atoms with Crippen LogP contribution in [0.5, 0.6) is 0 Å². The first-order valence-electron chi connectivity index (χ1n) is 6.10. The molecule has 0 radical (unpaired) electrons. The van der Waals surface area contributed by atoms with Crippen LogP contribution in [0.4, 0.5) is 13.2 Å². The molecule has 2 rings (SSSR count). The molecular weight excluding hydrogens is 255 g/mol. The zero-order chi connectivity index (χ0) is 14.0. The number of alkyl halides is 3. The fraction of sp³-hybridized carbons (Fsp3) is 0.462. The fourth-order valence-electron chi connectivity index (χ4n) is 2.12. The van der Waals surface area contributed by atoms with E-state index in [-0.39, 0.29) is 18.4 Å². The highest BCUT2D eigenvalue weighted by Gasteiger charge is 2.38. The van der Waals surface area contributed by atoms with Crippen LogP contribution in [0.3, 0.4) is 0 Å². The van der Waals surface area contributed by atoms with Crippen molar-refractivity contribution in [1.29, 1.82) is 5.41 Å². The number of benzene rings is 1. The van der Waals surface area contributed by atoms with E-state index in [0.717, 1.165) is 12.8 Å². The number of hydrogen-bond acceptors (Lipinski definition) is 2. The average molecular weight is 271 g/mol. The lowest BCUT2D eigenvalue weighted by atomic mass is 10.1. The van der Waals surface area contributed by atoms with Gasteiger partial charge in [0.15, 0.2) is 0 Å². The van der Waals surface area contributed by atoms with Gasteiger partial charge in [0.05, 0.1) is 6.54 Å². The third kappa shape index (κ3) is 3.96. The van der Waals surface area contributed by atoms with E-state index in [2.05, 4.69) is 0 Å². The Morgan fingerprint density at radius 3 is 2.47 bits per heavy atom. The first-order valence-corrected chi connectivity index (χ1v) is 6.10. The molecule has 104 valence electrons. The van der Waals surface area contributed by atoms with Crippen molar-refractivity contribution < 1.29 is 13.2 Å². The molecule has 3 N–H and O–H groups in total. The van der Waals surface area contributed by atoms with Gasteiger partial charge in [-0.15, -0.1) is 0 Å². The number of hydrogen-bond donors (Lipinski definition) is 2. The summed E-state index contributed by atoms with van der Waals surface area (Å²) in [4.78, 5) is 1.42. The first kappa shape index (κ1) is 13.9. The Bertz CT molecular complexity index is 466. The number of nitrogens with zero attached hydrogens (tertiary/aromatic N) is 1. The molecule has 1 aliphatic carbocycles. The topological polar surface area (TPSA) is 53.1 Å². The van der Waals surface area contributed by atoms with Crippen LogP contribution in [0.2, 0.25) is 0 Å². The van der Waals surface area contributed by atoms with E-state index in [9.17, 15) is 13.2 Å². The van der Waals surface area contributed by atoms with Crippen molar-refractivity contribution in [1.82, 2.24) is 4.90 Å². The molecule has 0 amide bonds. The SMILES string of the molecule is N=C(N)c1ccccc1CN(CC(F)(F)F)C1CC1. The van der Waals surface area contributed by atoms with Gasteiger partial charge < -0.3 is 5.73 Å².